The molecule has 0 N–H and O–H groups in total. The van der Waals surface area contributed by atoms with Crippen LogP contribution in [0.2, 0.25) is 0 Å². The third-order valence-electron chi connectivity index (χ3n) is 3.28. The summed E-state index contributed by atoms with van der Waals surface area (Å²) in [6.07, 6.45) is 5.96. The monoisotopic (exact) mass is 205 g/mol. The molecule has 3 nitrogen and oxygen atoms in total. The van der Waals surface area contributed by atoms with Crippen LogP contribution in [0.15, 0.2) is 18.6 Å². The molecule has 1 fully saturated rings. The van der Waals surface area contributed by atoms with Crippen LogP contribution >= 0.6 is 0 Å². The average molecular weight is 205 g/mol. The molecule has 82 valence electrons. The minimum atomic E-state index is 0.642. The van der Waals surface area contributed by atoms with Crippen LogP contribution in [0.1, 0.15) is 38.3 Å². The molecule has 2 heterocycles. The summed E-state index contributed by atoms with van der Waals surface area (Å²) in [6.45, 7) is 6.94. The van der Waals surface area contributed by atoms with Crippen LogP contribution in [0, 0.1) is 0 Å². The van der Waals surface area contributed by atoms with Gasteiger partial charge < -0.3 is 4.90 Å². The Labute approximate surface area is 91.5 Å². The molecule has 0 unspecified atom stereocenters. The first-order valence-electron chi connectivity index (χ1n) is 5.77. The van der Waals surface area contributed by atoms with Crippen molar-refractivity contribution in [2.24, 2.45) is 0 Å². The van der Waals surface area contributed by atoms with Crippen LogP contribution in [-0.2, 0) is 0 Å². The van der Waals surface area contributed by atoms with Crippen molar-refractivity contribution >= 4 is 0 Å². The number of nitrogens with zero attached hydrogens (tertiary/aromatic N) is 3. The predicted molar refractivity (Wildman–Crippen MR) is 60.7 cm³/mol. The highest BCUT2D eigenvalue weighted by molar-refractivity contribution is 5.07. The number of aromatic nitrogens is 2. The molecule has 0 aromatic carbocycles. The van der Waals surface area contributed by atoms with Crippen molar-refractivity contribution in [3.8, 4) is 0 Å². The fourth-order valence-corrected chi connectivity index (χ4v) is 2.25. The molecule has 3 heteroatoms. The van der Waals surface area contributed by atoms with Crippen molar-refractivity contribution in [1.82, 2.24) is 14.9 Å². The first-order valence-corrected chi connectivity index (χ1v) is 5.77. The minimum absolute atomic E-state index is 0.642. The molecule has 1 aromatic heterocycles. The van der Waals surface area contributed by atoms with E-state index in [1.165, 1.54) is 31.6 Å². The summed E-state index contributed by atoms with van der Waals surface area (Å²) in [6, 6.07) is 2.73. The van der Waals surface area contributed by atoms with E-state index in [9.17, 15) is 0 Å². The summed E-state index contributed by atoms with van der Waals surface area (Å²) in [5.74, 6) is 0.642. The third-order valence-corrected chi connectivity index (χ3v) is 3.28. The Kier molecular flexibility index (Phi) is 3.31. The quantitative estimate of drug-likeness (QED) is 0.740. The van der Waals surface area contributed by atoms with Gasteiger partial charge in [0.2, 0.25) is 0 Å². The van der Waals surface area contributed by atoms with E-state index < -0.39 is 0 Å². The molecule has 15 heavy (non-hydrogen) atoms. The van der Waals surface area contributed by atoms with Gasteiger partial charge >= 0.3 is 0 Å². The van der Waals surface area contributed by atoms with Crippen LogP contribution in [0.25, 0.3) is 0 Å². The highest BCUT2D eigenvalue weighted by Crippen LogP contribution is 2.26. The minimum Gasteiger partial charge on any atom is -0.301 e. The predicted octanol–water partition coefficient (Wildman–Crippen LogP) is 2.06. The SMILES string of the molecule is CC(C)N1CCC(c2ccncn2)CC1. The fraction of sp³-hybridized carbons (Fsp3) is 0.667. The molecule has 2 rings (SSSR count). The lowest BCUT2D eigenvalue weighted by Crippen LogP contribution is -2.37. The number of rotatable bonds is 2. The van der Waals surface area contributed by atoms with Crippen molar-refractivity contribution in [1.29, 1.82) is 0 Å². The van der Waals surface area contributed by atoms with E-state index in [1.807, 2.05) is 6.20 Å². The van der Waals surface area contributed by atoms with Gasteiger partial charge in [0.1, 0.15) is 6.33 Å². The van der Waals surface area contributed by atoms with E-state index in [2.05, 4.69) is 34.8 Å². The van der Waals surface area contributed by atoms with E-state index in [0.717, 1.165) is 0 Å². The van der Waals surface area contributed by atoms with Crippen molar-refractivity contribution in [2.75, 3.05) is 13.1 Å². The lowest BCUT2D eigenvalue weighted by atomic mass is 9.93. The molecule has 0 saturated carbocycles. The molecule has 0 spiro atoms. The maximum absolute atomic E-state index is 4.34. The van der Waals surface area contributed by atoms with E-state index in [-0.39, 0.29) is 0 Å². The largest absolute Gasteiger partial charge is 0.301 e. The summed E-state index contributed by atoms with van der Waals surface area (Å²) >= 11 is 0. The Morgan fingerprint density at radius 1 is 1.33 bits per heavy atom. The molecular formula is C12H19N3. The topological polar surface area (TPSA) is 29.0 Å². The Morgan fingerprint density at radius 3 is 2.60 bits per heavy atom. The summed E-state index contributed by atoms with van der Waals surface area (Å²) in [5, 5.41) is 0. The second kappa shape index (κ2) is 4.71. The summed E-state index contributed by atoms with van der Waals surface area (Å²) in [4.78, 5) is 10.8. The number of hydrogen-bond acceptors (Lipinski definition) is 3. The number of hydrogen-bond donors (Lipinski definition) is 0. The Balaban J connectivity index is 1.94. The van der Waals surface area contributed by atoms with Gasteiger partial charge in [-0.2, -0.15) is 0 Å². The fourth-order valence-electron chi connectivity index (χ4n) is 2.25. The second-order valence-electron chi connectivity index (χ2n) is 4.54. The number of likely N-dealkylation sites (tertiary alicyclic amines) is 1. The first-order chi connectivity index (χ1) is 7.27. The van der Waals surface area contributed by atoms with Crippen molar-refractivity contribution in [3.63, 3.8) is 0 Å². The highest BCUT2D eigenvalue weighted by Gasteiger charge is 2.22. The average Bonchev–Trinajstić information content (AvgIpc) is 2.30. The van der Waals surface area contributed by atoms with Gasteiger partial charge in [0.05, 0.1) is 0 Å². The van der Waals surface area contributed by atoms with Gasteiger partial charge in [-0.25, -0.2) is 9.97 Å². The van der Waals surface area contributed by atoms with Gasteiger partial charge in [0.25, 0.3) is 0 Å². The van der Waals surface area contributed by atoms with Crippen LogP contribution in [0.4, 0.5) is 0 Å². The zero-order valence-electron chi connectivity index (χ0n) is 9.56. The Morgan fingerprint density at radius 2 is 2.07 bits per heavy atom. The van der Waals surface area contributed by atoms with Crippen molar-refractivity contribution in [3.05, 3.63) is 24.3 Å². The lowest BCUT2D eigenvalue weighted by Gasteiger charge is -2.34. The maximum Gasteiger partial charge on any atom is 0.115 e. The van der Waals surface area contributed by atoms with Gasteiger partial charge in [0, 0.05) is 23.9 Å². The molecule has 0 aliphatic carbocycles. The van der Waals surface area contributed by atoms with E-state index in [1.54, 1.807) is 6.33 Å². The number of piperidine rings is 1. The first kappa shape index (κ1) is 10.6. The van der Waals surface area contributed by atoms with Crippen LogP contribution in [-0.4, -0.2) is 34.0 Å². The molecular weight excluding hydrogens is 186 g/mol. The molecule has 1 aliphatic rings. The zero-order chi connectivity index (χ0) is 10.7. The van der Waals surface area contributed by atoms with Gasteiger partial charge in [-0.1, -0.05) is 0 Å². The maximum atomic E-state index is 4.34. The Bertz CT molecular complexity index is 289. The van der Waals surface area contributed by atoms with Crippen LogP contribution < -0.4 is 0 Å². The lowest BCUT2D eigenvalue weighted by molar-refractivity contribution is 0.171. The van der Waals surface area contributed by atoms with Crippen molar-refractivity contribution in [2.45, 2.75) is 38.6 Å². The van der Waals surface area contributed by atoms with Crippen molar-refractivity contribution < 1.29 is 0 Å². The zero-order valence-corrected chi connectivity index (χ0v) is 9.56. The smallest absolute Gasteiger partial charge is 0.115 e. The van der Waals surface area contributed by atoms with Gasteiger partial charge in [0.15, 0.2) is 0 Å². The molecule has 1 aliphatic heterocycles. The summed E-state index contributed by atoms with van der Waals surface area (Å²) < 4.78 is 0. The van der Waals surface area contributed by atoms with Crippen LogP contribution in [0.5, 0.6) is 0 Å². The molecule has 0 amide bonds. The van der Waals surface area contributed by atoms with Gasteiger partial charge in [-0.05, 0) is 45.8 Å². The molecule has 0 bridgehead atoms. The van der Waals surface area contributed by atoms with Crippen LogP contribution in [0.3, 0.4) is 0 Å². The third kappa shape index (κ3) is 2.53. The molecule has 0 atom stereocenters. The molecule has 1 aromatic rings. The normalized spacial score (nSPS) is 19.7. The van der Waals surface area contributed by atoms with Gasteiger partial charge in [-0.3, -0.25) is 0 Å². The highest BCUT2D eigenvalue weighted by atomic mass is 15.1. The summed E-state index contributed by atoms with van der Waals surface area (Å²) in [5.41, 5.74) is 1.22. The van der Waals surface area contributed by atoms with E-state index >= 15 is 0 Å². The standard InChI is InChI=1S/C12H19N3/c1-10(2)15-7-4-11(5-8-15)12-3-6-13-9-14-12/h3,6,9-11H,4-5,7-8H2,1-2H3. The Hall–Kier alpha value is -0.960. The summed E-state index contributed by atoms with van der Waals surface area (Å²) in [7, 11) is 0. The molecule has 0 radical (unpaired) electrons. The molecule has 1 saturated heterocycles. The van der Waals surface area contributed by atoms with E-state index in [0.29, 0.717) is 12.0 Å². The van der Waals surface area contributed by atoms with E-state index in [4.69, 9.17) is 0 Å². The second-order valence-corrected chi connectivity index (χ2v) is 4.54. The van der Waals surface area contributed by atoms with Gasteiger partial charge in [-0.15, -0.1) is 0 Å².